The second kappa shape index (κ2) is 7.57. The highest BCUT2D eigenvalue weighted by Crippen LogP contribution is 2.33. The first-order valence-corrected chi connectivity index (χ1v) is 7.69. The van der Waals surface area contributed by atoms with Crippen LogP contribution in [0.15, 0.2) is 40.9 Å². The summed E-state index contributed by atoms with van der Waals surface area (Å²) in [5.74, 6) is 2.50. The second-order valence-corrected chi connectivity index (χ2v) is 5.45. The van der Waals surface area contributed by atoms with Crippen molar-refractivity contribution in [2.75, 3.05) is 14.2 Å². The van der Waals surface area contributed by atoms with Gasteiger partial charge >= 0.3 is 0 Å². The first-order valence-electron chi connectivity index (χ1n) is 6.36. The minimum absolute atomic E-state index is 0.367. The van der Waals surface area contributed by atoms with E-state index in [0.29, 0.717) is 24.0 Å². The molecule has 2 aromatic rings. The molecule has 0 aromatic heterocycles. The van der Waals surface area contributed by atoms with E-state index in [4.69, 9.17) is 25.8 Å². The number of para-hydroxylation sites is 1. The largest absolute Gasteiger partial charge is 0.497 e. The maximum Gasteiger partial charge on any atom is 0.166 e. The summed E-state index contributed by atoms with van der Waals surface area (Å²) in [6.07, 6.45) is 0. The summed E-state index contributed by atoms with van der Waals surface area (Å²) >= 11 is 9.47. The first-order chi connectivity index (χ1) is 10.2. The Kier molecular flexibility index (Phi) is 5.76. The summed E-state index contributed by atoms with van der Waals surface area (Å²) in [6, 6.07) is 11.4. The third kappa shape index (κ3) is 3.83. The van der Waals surface area contributed by atoms with E-state index in [0.717, 1.165) is 21.3 Å². The smallest absolute Gasteiger partial charge is 0.166 e. The van der Waals surface area contributed by atoms with E-state index in [2.05, 4.69) is 15.9 Å². The molecule has 0 fully saturated rings. The molecule has 0 aliphatic heterocycles. The van der Waals surface area contributed by atoms with Crippen LogP contribution < -0.4 is 14.2 Å². The van der Waals surface area contributed by atoms with Gasteiger partial charge in [0.2, 0.25) is 0 Å². The highest BCUT2D eigenvalue weighted by molar-refractivity contribution is 9.10. The Hall–Kier alpha value is -1.39. The number of ether oxygens (including phenoxy) is 3. The zero-order valence-electron chi connectivity index (χ0n) is 11.9. The summed E-state index contributed by atoms with van der Waals surface area (Å²) in [5.41, 5.74) is 1.89. The van der Waals surface area contributed by atoms with Gasteiger partial charge in [-0.2, -0.15) is 0 Å². The summed E-state index contributed by atoms with van der Waals surface area (Å²) in [7, 11) is 3.25. The molecule has 0 saturated carbocycles. The van der Waals surface area contributed by atoms with Crippen LogP contribution in [0.4, 0.5) is 0 Å². The molecule has 0 N–H and O–H groups in total. The zero-order valence-corrected chi connectivity index (χ0v) is 14.2. The topological polar surface area (TPSA) is 27.7 Å². The third-order valence-corrected chi connectivity index (χ3v) is 4.11. The van der Waals surface area contributed by atoms with Gasteiger partial charge in [-0.15, -0.1) is 11.6 Å². The number of benzene rings is 2. The molecule has 3 nitrogen and oxygen atoms in total. The van der Waals surface area contributed by atoms with E-state index in [1.165, 1.54) is 0 Å². The van der Waals surface area contributed by atoms with Gasteiger partial charge in [0.15, 0.2) is 11.5 Å². The van der Waals surface area contributed by atoms with E-state index in [1.807, 2.05) is 36.4 Å². The van der Waals surface area contributed by atoms with Crippen molar-refractivity contribution >= 4 is 27.5 Å². The van der Waals surface area contributed by atoms with Gasteiger partial charge in [-0.25, -0.2) is 0 Å². The normalized spacial score (nSPS) is 10.3. The molecule has 21 heavy (non-hydrogen) atoms. The van der Waals surface area contributed by atoms with Crippen LogP contribution in [0.1, 0.15) is 11.1 Å². The maximum absolute atomic E-state index is 5.96. The number of halogens is 2. The summed E-state index contributed by atoms with van der Waals surface area (Å²) in [4.78, 5) is 0. The summed E-state index contributed by atoms with van der Waals surface area (Å²) in [5, 5.41) is 0. The Labute approximate surface area is 137 Å². The SMILES string of the molecule is COc1ccc(Br)c(COc2c(CCl)cccc2OC)c1. The lowest BCUT2D eigenvalue weighted by Gasteiger charge is -2.15. The van der Waals surface area contributed by atoms with Crippen molar-refractivity contribution in [3.8, 4) is 17.2 Å². The van der Waals surface area contributed by atoms with Crippen molar-refractivity contribution in [1.29, 1.82) is 0 Å². The fourth-order valence-electron chi connectivity index (χ4n) is 1.93. The number of hydrogen-bond acceptors (Lipinski definition) is 3. The average Bonchev–Trinajstić information content (AvgIpc) is 2.53. The number of rotatable bonds is 6. The quantitative estimate of drug-likeness (QED) is 0.684. The minimum Gasteiger partial charge on any atom is -0.497 e. The van der Waals surface area contributed by atoms with Gasteiger partial charge in [0.1, 0.15) is 12.4 Å². The molecule has 0 saturated heterocycles. The average molecular weight is 372 g/mol. The highest BCUT2D eigenvalue weighted by Gasteiger charge is 2.11. The van der Waals surface area contributed by atoms with Gasteiger partial charge in [0.05, 0.1) is 20.1 Å². The van der Waals surface area contributed by atoms with E-state index >= 15 is 0 Å². The summed E-state index contributed by atoms with van der Waals surface area (Å²) in [6.45, 7) is 0.391. The van der Waals surface area contributed by atoms with Gasteiger partial charge in [-0.1, -0.05) is 28.1 Å². The molecule has 0 unspecified atom stereocenters. The van der Waals surface area contributed by atoms with Gasteiger partial charge < -0.3 is 14.2 Å². The fraction of sp³-hybridized carbons (Fsp3) is 0.250. The number of alkyl halides is 1. The predicted octanol–water partition coefficient (Wildman–Crippen LogP) is 4.78. The highest BCUT2D eigenvalue weighted by atomic mass is 79.9. The molecule has 0 heterocycles. The number of hydrogen-bond donors (Lipinski definition) is 0. The standard InChI is InChI=1S/C16H16BrClO3/c1-19-13-6-7-14(17)12(8-13)10-21-16-11(9-18)4-3-5-15(16)20-2/h3-8H,9-10H2,1-2H3. The van der Waals surface area contributed by atoms with Crippen LogP contribution in [0.3, 0.4) is 0 Å². The van der Waals surface area contributed by atoms with Gasteiger partial charge in [-0.3, -0.25) is 0 Å². The van der Waals surface area contributed by atoms with E-state index in [1.54, 1.807) is 14.2 Å². The van der Waals surface area contributed by atoms with Crippen LogP contribution >= 0.6 is 27.5 Å². The second-order valence-electron chi connectivity index (χ2n) is 4.33. The molecular weight excluding hydrogens is 356 g/mol. The van der Waals surface area contributed by atoms with Crippen LogP contribution in [-0.4, -0.2) is 14.2 Å². The molecule has 0 radical (unpaired) electrons. The van der Waals surface area contributed by atoms with Crippen molar-refractivity contribution in [1.82, 2.24) is 0 Å². The molecule has 5 heteroatoms. The van der Waals surface area contributed by atoms with Crippen LogP contribution in [0.5, 0.6) is 17.2 Å². The van der Waals surface area contributed by atoms with E-state index in [9.17, 15) is 0 Å². The molecule has 0 bridgehead atoms. The van der Waals surface area contributed by atoms with Crippen LogP contribution in [0.25, 0.3) is 0 Å². The Balaban J connectivity index is 2.24. The predicted molar refractivity (Wildman–Crippen MR) is 87.6 cm³/mol. The summed E-state index contributed by atoms with van der Waals surface area (Å²) < 4.78 is 17.4. The Morgan fingerprint density at radius 3 is 2.52 bits per heavy atom. The van der Waals surface area contributed by atoms with Crippen molar-refractivity contribution in [3.05, 3.63) is 52.0 Å². The minimum atomic E-state index is 0.367. The molecule has 0 spiro atoms. The zero-order chi connectivity index (χ0) is 15.2. The Morgan fingerprint density at radius 1 is 1.05 bits per heavy atom. The van der Waals surface area contributed by atoms with Crippen LogP contribution in [-0.2, 0) is 12.5 Å². The maximum atomic E-state index is 5.96. The van der Waals surface area contributed by atoms with E-state index in [-0.39, 0.29) is 0 Å². The van der Waals surface area contributed by atoms with Crippen molar-refractivity contribution in [2.24, 2.45) is 0 Å². The van der Waals surface area contributed by atoms with Gasteiger partial charge in [0.25, 0.3) is 0 Å². The van der Waals surface area contributed by atoms with Gasteiger partial charge in [-0.05, 0) is 24.3 Å². The molecule has 0 atom stereocenters. The molecule has 0 aliphatic rings. The molecule has 0 amide bonds. The fourth-order valence-corrected chi connectivity index (χ4v) is 2.50. The monoisotopic (exact) mass is 370 g/mol. The lowest BCUT2D eigenvalue weighted by atomic mass is 10.2. The lowest BCUT2D eigenvalue weighted by molar-refractivity contribution is 0.281. The van der Waals surface area contributed by atoms with E-state index < -0.39 is 0 Å². The molecule has 2 rings (SSSR count). The van der Waals surface area contributed by atoms with Crippen LogP contribution in [0, 0.1) is 0 Å². The molecule has 112 valence electrons. The number of methoxy groups -OCH3 is 2. The first kappa shape index (κ1) is 16.0. The Morgan fingerprint density at radius 2 is 1.86 bits per heavy atom. The molecule has 2 aromatic carbocycles. The van der Waals surface area contributed by atoms with Gasteiger partial charge in [0, 0.05) is 15.6 Å². The molecule has 0 aliphatic carbocycles. The third-order valence-electron chi connectivity index (χ3n) is 3.05. The van der Waals surface area contributed by atoms with Crippen LogP contribution in [0.2, 0.25) is 0 Å². The molecular formula is C16H16BrClO3. The van der Waals surface area contributed by atoms with Crippen molar-refractivity contribution in [3.63, 3.8) is 0 Å². The lowest BCUT2D eigenvalue weighted by Crippen LogP contribution is -2.01. The van der Waals surface area contributed by atoms with Crippen molar-refractivity contribution < 1.29 is 14.2 Å². The Bertz CT molecular complexity index is 594. The van der Waals surface area contributed by atoms with Crippen molar-refractivity contribution in [2.45, 2.75) is 12.5 Å².